The Morgan fingerprint density at radius 3 is 2.56 bits per heavy atom. The van der Waals surface area contributed by atoms with Crippen LogP contribution in [0.15, 0.2) is 29.0 Å². The van der Waals surface area contributed by atoms with Crippen molar-refractivity contribution in [2.75, 3.05) is 39.0 Å². The SMILES string of the molecule is CC.Cc1ccc(Nc2cscc2C(=O)N2CC(O)(CN(C)C)C2)c(F)c1. The van der Waals surface area contributed by atoms with Crippen LogP contribution in [0.2, 0.25) is 0 Å². The van der Waals surface area contributed by atoms with E-state index in [9.17, 15) is 14.3 Å². The van der Waals surface area contributed by atoms with Gasteiger partial charge in [-0.15, -0.1) is 11.3 Å². The van der Waals surface area contributed by atoms with E-state index < -0.39 is 5.60 Å². The van der Waals surface area contributed by atoms with Gasteiger partial charge in [-0.3, -0.25) is 4.79 Å². The molecule has 1 aromatic carbocycles. The van der Waals surface area contributed by atoms with Crippen LogP contribution in [0.3, 0.4) is 0 Å². The number of likely N-dealkylation sites (N-methyl/N-ethyl adjacent to an activating group) is 1. The van der Waals surface area contributed by atoms with Crippen LogP contribution in [0.25, 0.3) is 0 Å². The van der Waals surface area contributed by atoms with E-state index in [-0.39, 0.29) is 11.7 Å². The molecule has 27 heavy (non-hydrogen) atoms. The lowest BCUT2D eigenvalue weighted by Gasteiger charge is -2.47. The smallest absolute Gasteiger partial charge is 0.257 e. The Morgan fingerprint density at radius 2 is 1.96 bits per heavy atom. The van der Waals surface area contributed by atoms with Gasteiger partial charge in [0.05, 0.1) is 30.0 Å². The molecule has 2 N–H and O–H groups in total. The Hall–Kier alpha value is -1.96. The highest BCUT2D eigenvalue weighted by atomic mass is 32.1. The summed E-state index contributed by atoms with van der Waals surface area (Å²) in [6.07, 6.45) is 0. The van der Waals surface area contributed by atoms with Crippen LogP contribution in [0.5, 0.6) is 0 Å². The van der Waals surface area contributed by atoms with Crippen molar-refractivity contribution in [3.63, 3.8) is 0 Å². The second-order valence-corrected chi connectivity index (χ2v) is 7.67. The fraction of sp³-hybridized carbons (Fsp3) is 0.450. The molecule has 1 aliphatic heterocycles. The summed E-state index contributed by atoms with van der Waals surface area (Å²) in [5.74, 6) is -0.506. The van der Waals surface area contributed by atoms with Crippen molar-refractivity contribution in [1.29, 1.82) is 0 Å². The van der Waals surface area contributed by atoms with E-state index in [2.05, 4.69) is 5.32 Å². The fourth-order valence-corrected chi connectivity index (χ4v) is 3.85. The predicted molar refractivity (Wildman–Crippen MR) is 109 cm³/mol. The number of β-amino-alcohol motifs (C(OH)–C–C–N with tert-alkyl or cyclic N) is 1. The third-order valence-corrected chi connectivity index (χ3v) is 4.90. The maximum Gasteiger partial charge on any atom is 0.257 e. The number of likely N-dealkylation sites (tertiary alicyclic amines) is 1. The number of hydrogen-bond acceptors (Lipinski definition) is 5. The van der Waals surface area contributed by atoms with Crippen molar-refractivity contribution in [2.45, 2.75) is 26.4 Å². The summed E-state index contributed by atoms with van der Waals surface area (Å²) < 4.78 is 14.0. The Kier molecular flexibility index (Phi) is 6.97. The standard InChI is InChI=1S/C18H22FN3O2S.C2H6/c1-12-4-5-15(14(19)6-12)20-16-8-25-7-13(16)17(23)22-10-18(24,11-22)9-21(2)3;1-2/h4-8,20,24H,9-11H2,1-3H3;1-2H3. The van der Waals surface area contributed by atoms with Gasteiger partial charge >= 0.3 is 0 Å². The van der Waals surface area contributed by atoms with Crippen molar-refractivity contribution in [3.8, 4) is 0 Å². The molecule has 1 fully saturated rings. The first kappa shape index (κ1) is 21.3. The number of rotatable bonds is 5. The number of amides is 1. The number of aryl methyl sites for hydroxylation is 1. The molecular formula is C20H28FN3O2S. The van der Waals surface area contributed by atoms with Crippen LogP contribution in [-0.2, 0) is 0 Å². The quantitative estimate of drug-likeness (QED) is 0.813. The maximum absolute atomic E-state index is 14.0. The molecule has 0 atom stereocenters. The zero-order chi connectivity index (χ0) is 20.2. The molecule has 1 aliphatic rings. The van der Waals surface area contributed by atoms with Gasteiger partial charge in [0, 0.05) is 17.3 Å². The molecule has 148 valence electrons. The minimum absolute atomic E-state index is 0.153. The van der Waals surface area contributed by atoms with Crippen LogP contribution in [0.4, 0.5) is 15.8 Å². The van der Waals surface area contributed by atoms with E-state index in [1.165, 1.54) is 17.4 Å². The van der Waals surface area contributed by atoms with Crippen molar-refractivity contribution in [2.24, 2.45) is 0 Å². The van der Waals surface area contributed by atoms with Gasteiger partial charge in [0.15, 0.2) is 0 Å². The summed E-state index contributed by atoms with van der Waals surface area (Å²) in [5, 5.41) is 16.9. The van der Waals surface area contributed by atoms with Gasteiger partial charge in [0.1, 0.15) is 11.4 Å². The molecular weight excluding hydrogens is 365 g/mol. The van der Waals surface area contributed by atoms with E-state index in [0.717, 1.165) is 5.56 Å². The Morgan fingerprint density at radius 1 is 1.30 bits per heavy atom. The minimum Gasteiger partial charge on any atom is -0.385 e. The molecule has 2 heterocycles. The number of carbonyl (C=O) groups excluding carboxylic acids is 1. The zero-order valence-corrected chi connectivity index (χ0v) is 17.4. The monoisotopic (exact) mass is 393 g/mol. The lowest BCUT2D eigenvalue weighted by Crippen LogP contribution is -2.67. The second kappa shape index (κ2) is 8.82. The maximum atomic E-state index is 14.0. The van der Waals surface area contributed by atoms with E-state index in [0.29, 0.717) is 36.6 Å². The summed E-state index contributed by atoms with van der Waals surface area (Å²) >= 11 is 1.38. The van der Waals surface area contributed by atoms with Crippen LogP contribution < -0.4 is 5.32 Å². The molecule has 5 nitrogen and oxygen atoms in total. The fourth-order valence-electron chi connectivity index (χ4n) is 3.09. The van der Waals surface area contributed by atoms with E-state index in [1.54, 1.807) is 21.7 Å². The van der Waals surface area contributed by atoms with Crippen LogP contribution >= 0.6 is 11.3 Å². The van der Waals surface area contributed by atoms with Gasteiger partial charge in [-0.2, -0.15) is 0 Å². The first-order chi connectivity index (χ1) is 12.8. The Bertz CT molecular complexity index is 785. The molecule has 0 spiro atoms. The Labute approximate surface area is 164 Å². The normalized spacial score (nSPS) is 15.0. The van der Waals surface area contributed by atoms with Gasteiger partial charge in [0.2, 0.25) is 0 Å². The molecule has 0 aliphatic carbocycles. The van der Waals surface area contributed by atoms with Crippen LogP contribution in [-0.4, -0.2) is 60.1 Å². The second-order valence-electron chi connectivity index (χ2n) is 6.93. The topological polar surface area (TPSA) is 55.8 Å². The van der Waals surface area contributed by atoms with E-state index in [4.69, 9.17) is 0 Å². The van der Waals surface area contributed by atoms with E-state index in [1.807, 2.05) is 45.8 Å². The molecule has 0 bridgehead atoms. The molecule has 7 heteroatoms. The van der Waals surface area contributed by atoms with Gasteiger partial charge in [-0.1, -0.05) is 19.9 Å². The van der Waals surface area contributed by atoms with Crippen molar-refractivity contribution in [3.05, 3.63) is 45.9 Å². The highest BCUT2D eigenvalue weighted by Gasteiger charge is 2.44. The highest BCUT2D eigenvalue weighted by molar-refractivity contribution is 7.08. The van der Waals surface area contributed by atoms with Crippen molar-refractivity contribution >= 4 is 28.6 Å². The van der Waals surface area contributed by atoms with Gasteiger partial charge in [-0.25, -0.2) is 4.39 Å². The van der Waals surface area contributed by atoms with Crippen LogP contribution in [0.1, 0.15) is 29.8 Å². The number of benzene rings is 1. The largest absolute Gasteiger partial charge is 0.385 e. The third kappa shape index (κ3) is 5.06. The predicted octanol–water partition coefficient (Wildman–Crippen LogP) is 3.71. The molecule has 0 saturated carbocycles. The van der Waals surface area contributed by atoms with Gasteiger partial charge in [0.25, 0.3) is 5.91 Å². The van der Waals surface area contributed by atoms with Crippen molar-refractivity contribution < 1.29 is 14.3 Å². The summed E-state index contributed by atoms with van der Waals surface area (Å²) in [5.41, 5.74) is 1.40. The first-order valence-corrected chi connectivity index (χ1v) is 9.97. The summed E-state index contributed by atoms with van der Waals surface area (Å²) in [6.45, 7) is 6.95. The summed E-state index contributed by atoms with van der Waals surface area (Å²) in [7, 11) is 3.78. The number of thiophene rings is 1. The lowest BCUT2D eigenvalue weighted by molar-refractivity contribution is -0.0919. The number of halogens is 1. The molecule has 2 aromatic rings. The lowest BCUT2D eigenvalue weighted by atomic mass is 9.93. The number of anilines is 2. The molecule has 1 amide bonds. The Balaban J connectivity index is 0.00000126. The summed E-state index contributed by atoms with van der Waals surface area (Å²) in [4.78, 5) is 16.2. The van der Waals surface area contributed by atoms with Crippen molar-refractivity contribution in [1.82, 2.24) is 9.80 Å². The molecule has 1 aromatic heterocycles. The average molecular weight is 394 g/mol. The number of aliphatic hydroxyl groups is 1. The average Bonchev–Trinajstić information content (AvgIpc) is 3.04. The first-order valence-electron chi connectivity index (χ1n) is 9.03. The molecule has 3 rings (SSSR count). The van der Waals surface area contributed by atoms with Gasteiger partial charge in [-0.05, 0) is 38.7 Å². The zero-order valence-electron chi connectivity index (χ0n) is 16.5. The molecule has 0 radical (unpaired) electrons. The van der Waals surface area contributed by atoms with E-state index >= 15 is 0 Å². The molecule has 0 unspecified atom stereocenters. The number of hydrogen-bond donors (Lipinski definition) is 2. The minimum atomic E-state index is -0.855. The molecule has 1 saturated heterocycles. The number of carbonyl (C=O) groups is 1. The third-order valence-electron chi connectivity index (χ3n) is 4.15. The number of nitrogens with zero attached hydrogens (tertiary/aromatic N) is 2. The number of nitrogens with one attached hydrogen (secondary N) is 1. The highest BCUT2D eigenvalue weighted by Crippen LogP contribution is 2.31. The van der Waals surface area contributed by atoms with Crippen LogP contribution in [0, 0.1) is 12.7 Å². The summed E-state index contributed by atoms with van der Waals surface area (Å²) in [6, 6.07) is 4.93. The van der Waals surface area contributed by atoms with Gasteiger partial charge < -0.3 is 20.2 Å².